The molecule has 1 amide bonds. The number of aromatic nitrogens is 1. The molecule has 0 unspecified atom stereocenters. The highest BCUT2D eigenvalue weighted by atomic mass is 35.5. The van der Waals surface area contributed by atoms with Crippen LogP contribution in [-0.4, -0.2) is 64.3 Å². The summed E-state index contributed by atoms with van der Waals surface area (Å²) in [5.74, 6) is 0.0171. The second-order valence-electron chi connectivity index (χ2n) is 7.08. The molecule has 0 aliphatic heterocycles. The second-order valence-corrected chi connectivity index (χ2v) is 10.9. The molecule has 0 aliphatic carbocycles. The Morgan fingerprint density at radius 1 is 1.16 bits per heavy atom. The molecule has 0 radical (unpaired) electrons. The summed E-state index contributed by atoms with van der Waals surface area (Å²) >= 11 is 13.3. The minimum Gasteiger partial charge on any atom is -0.482 e. The van der Waals surface area contributed by atoms with Crippen molar-refractivity contribution in [3.05, 3.63) is 46.4 Å². The van der Waals surface area contributed by atoms with Crippen molar-refractivity contribution in [1.29, 1.82) is 0 Å². The topological polar surface area (TPSA) is 79.8 Å². The first-order valence-corrected chi connectivity index (χ1v) is 12.6. The van der Waals surface area contributed by atoms with Gasteiger partial charge in [-0.3, -0.25) is 9.69 Å². The van der Waals surface area contributed by atoms with Crippen molar-refractivity contribution in [3.8, 4) is 5.75 Å². The van der Waals surface area contributed by atoms with Crippen LogP contribution in [0, 0.1) is 0 Å². The number of carbonyl (C=O) groups excluding carboxylic acids is 1. The fourth-order valence-electron chi connectivity index (χ4n) is 2.76. The van der Waals surface area contributed by atoms with Gasteiger partial charge in [0.05, 0.1) is 14.6 Å². The Kier molecular flexibility index (Phi) is 9.15. The molecule has 0 fully saturated rings. The van der Waals surface area contributed by atoms with E-state index in [1.807, 2.05) is 19.0 Å². The highest BCUT2D eigenvalue weighted by molar-refractivity contribution is 7.91. The fourth-order valence-corrected chi connectivity index (χ4v) is 5.16. The van der Waals surface area contributed by atoms with Crippen LogP contribution in [0.4, 0.5) is 5.13 Å². The fraction of sp³-hybridized carbons (Fsp3) is 0.300. The number of carbonyl (C=O) groups is 1. The van der Waals surface area contributed by atoms with Gasteiger partial charge in [-0.15, -0.1) is 12.4 Å². The molecule has 0 spiro atoms. The van der Waals surface area contributed by atoms with Crippen molar-refractivity contribution in [1.82, 2.24) is 9.88 Å². The highest BCUT2D eigenvalue weighted by Crippen LogP contribution is 2.33. The molecular formula is C20H22Cl3N3O4S2. The maximum Gasteiger partial charge on any atom is 0.266 e. The van der Waals surface area contributed by atoms with Gasteiger partial charge in [-0.05, 0) is 44.4 Å². The summed E-state index contributed by atoms with van der Waals surface area (Å²) in [6.45, 7) is 0.684. The average Bonchev–Trinajstić information content (AvgIpc) is 3.10. The first-order valence-electron chi connectivity index (χ1n) is 9.19. The molecule has 0 aliphatic rings. The van der Waals surface area contributed by atoms with Crippen molar-refractivity contribution in [2.24, 2.45) is 0 Å². The monoisotopic (exact) mass is 537 g/mol. The van der Waals surface area contributed by atoms with Crippen LogP contribution in [0.5, 0.6) is 5.75 Å². The molecule has 0 saturated carbocycles. The zero-order chi connectivity index (χ0) is 22.8. The number of hydrogen-bond donors (Lipinski definition) is 0. The van der Waals surface area contributed by atoms with Gasteiger partial charge in [0.1, 0.15) is 11.3 Å². The van der Waals surface area contributed by atoms with E-state index in [-0.39, 0.29) is 29.8 Å². The van der Waals surface area contributed by atoms with Crippen molar-refractivity contribution in [2.45, 2.75) is 4.90 Å². The lowest BCUT2D eigenvalue weighted by Gasteiger charge is -2.22. The van der Waals surface area contributed by atoms with Gasteiger partial charge in [-0.2, -0.15) is 0 Å². The van der Waals surface area contributed by atoms with E-state index >= 15 is 0 Å². The SMILES string of the molecule is CN(C)CCN(C(=O)COc1ccc(Cl)cc1Cl)c1nc2c(S(C)(=O)=O)cccc2s1.Cl. The molecule has 3 rings (SSSR count). The molecule has 0 N–H and O–H groups in total. The van der Waals surface area contributed by atoms with Crippen LogP contribution >= 0.6 is 46.9 Å². The molecule has 1 aromatic heterocycles. The number of anilines is 1. The van der Waals surface area contributed by atoms with Gasteiger partial charge in [-0.25, -0.2) is 13.4 Å². The number of likely N-dealkylation sites (N-methyl/N-ethyl adjacent to an activating group) is 1. The van der Waals surface area contributed by atoms with Crippen LogP contribution in [-0.2, 0) is 14.6 Å². The predicted molar refractivity (Wildman–Crippen MR) is 133 cm³/mol. The third-order valence-electron chi connectivity index (χ3n) is 4.32. The molecule has 174 valence electrons. The van der Waals surface area contributed by atoms with E-state index in [0.29, 0.717) is 44.2 Å². The van der Waals surface area contributed by atoms with Crippen LogP contribution in [0.15, 0.2) is 41.3 Å². The summed E-state index contributed by atoms with van der Waals surface area (Å²) in [5.41, 5.74) is 0.356. The molecule has 7 nitrogen and oxygen atoms in total. The molecule has 3 aromatic rings. The molecule has 12 heteroatoms. The maximum atomic E-state index is 13.0. The van der Waals surface area contributed by atoms with E-state index in [1.54, 1.807) is 24.3 Å². The Morgan fingerprint density at radius 2 is 1.88 bits per heavy atom. The molecule has 0 atom stereocenters. The lowest BCUT2D eigenvalue weighted by atomic mass is 10.3. The number of para-hydroxylation sites is 1. The summed E-state index contributed by atoms with van der Waals surface area (Å²) in [4.78, 5) is 21.1. The predicted octanol–water partition coefficient (Wildman–Crippen LogP) is 4.40. The van der Waals surface area contributed by atoms with E-state index in [0.717, 1.165) is 6.26 Å². The number of ether oxygens (including phenoxy) is 1. The number of hydrogen-bond acceptors (Lipinski definition) is 7. The van der Waals surface area contributed by atoms with Crippen molar-refractivity contribution in [3.63, 3.8) is 0 Å². The van der Waals surface area contributed by atoms with Gasteiger partial charge in [0.25, 0.3) is 5.91 Å². The number of benzene rings is 2. The number of rotatable bonds is 8. The number of nitrogens with zero attached hydrogens (tertiary/aromatic N) is 3. The minimum atomic E-state index is -3.46. The van der Waals surface area contributed by atoms with Crippen LogP contribution in [0.1, 0.15) is 0 Å². The Bertz CT molecular complexity index is 1220. The van der Waals surface area contributed by atoms with E-state index < -0.39 is 9.84 Å². The van der Waals surface area contributed by atoms with Crippen LogP contribution < -0.4 is 9.64 Å². The largest absolute Gasteiger partial charge is 0.482 e. The highest BCUT2D eigenvalue weighted by Gasteiger charge is 2.23. The van der Waals surface area contributed by atoms with E-state index in [4.69, 9.17) is 27.9 Å². The maximum absolute atomic E-state index is 13.0. The lowest BCUT2D eigenvalue weighted by Crippen LogP contribution is -2.39. The Labute approximate surface area is 207 Å². The van der Waals surface area contributed by atoms with Gasteiger partial charge in [-0.1, -0.05) is 40.6 Å². The quantitative estimate of drug-likeness (QED) is 0.423. The molecule has 2 aromatic carbocycles. The van der Waals surface area contributed by atoms with E-state index in [1.165, 1.54) is 28.4 Å². The van der Waals surface area contributed by atoms with Gasteiger partial charge in [0.2, 0.25) is 0 Å². The normalized spacial score (nSPS) is 11.4. The van der Waals surface area contributed by atoms with E-state index in [9.17, 15) is 13.2 Å². The third-order valence-corrected chi connectivity index (χ3v) is 7.02. The molecule has 0 bridgehead atoms. The minimum absolute atomic E-state index is 0. The lowest BCUT2D eigenvalue weighted by molar-refractivity contribution is -0.120. The Hall–Kier alpha value is -1.62. The zero-order valence-corrected chi connectivity index (χ0v) is 21.5. The Balaban J connectivity index is 0.00000363. The average molecular weight is 539 g/mol. The summed E-state index contributed by atoms with van der Waals surface area (Å²) in [6.07, 6.45) is 1.14. The van der Waals surface area contributed by atoms with Crippen LogP contribution in [0.25, 0.3) is 10.2 Å². The molecular weight excluding hydrogens is 517 g/mol. The smallest absolute Gasteiger partial charge is 0.266 e. The van der Waals surface area contributed by atoms with Crippen LogP contribution in [0.3, 0.4) is 0 Å². The van der Waals surface area contributed by atoms with Crippen molar-refractivity contribution < 1.29 is 17.9 Å². The van der Waals surface area contributed by atoms with Gasteiger partial charge in [0, 0.05) is 24.4 Å². The summed E-state index contributed by atoms with van der Waals surface area (Å²) in [5, 5.41) is 1.18. The van der Waals surface area contributed by atoms with Gasteiger partial charge in [0.15, 0.2) is 21.6 Å². The third kappa shape index (κ3) is 6.46. The summed E-state index contributed by atoms with van der Waals surface area (Å²) < 4.78 is 30.5. The van der Waals surface area contributed by atoms with Crippen LogP contribution in [0.2, 0.25) is 10.0 Å². The number of fused-ring (bicyclic) bond motifs is 1. The van der Waals surface area contributed by atoms with Crippen molar-refractivity contribution >= 4 is 78.0 Å². The number of sulfone groups is 1. The van der Waals surface area contributed by atoms with Crippen molar-refractivity contribution in [2.75, 3.05) is 44.9 Å². The number of halogens is 3. The molecule has 0 saturated heterocycles. The first-order chi connectivity index (χ1) is 14.6. The van der Waals surface area contributed by atoms with E-state index in [2.05, 4.69) is 4.98 Å². The van der Waals surface area contributed by atoms with Gasteiger partial charge < -0.3 is 9.64 Å². The molecule has 32 heavy (non-hydrogen) atoms. The zero-order valence-electron chi connectivity index (χ0n) is 17.5. The van der Waals surface area contributed by atoms with Gasteiger partial charge >= 0.3 is 0 Å². The Morgan fingerprint density at radius 3 is 2.50 bits per heavy atom. The number of thiazole rings is 1. The summed E-state index contributed by atoms with van der Waals surface area (Å²) in [7, 11) is 0.331. The standard InChI is InChI=1S/C20H21Cl2N3O4S2.ClH/c1-24(2)9-10-25(18(26)12-29-15-8-7-13(21)11-14(15)22)20-23-19-16(30-20)5-4-6-17(19)31(3,27)28;/h4-8,11H,9-10,12H2,1-3H3;1H. The second kappa shape index (κ2) is 11.0. The molecule has 1 heterocycles. The first kappa shape index (κ1) is 26.6. The summed E-state index contributed by atoms with van der Waals surface area (Å²) in [6, 6.07) is 9.71. The number of amides is 1.